The number of pyridine rings is 1. The molecule has 2 aromatic heterocycles. The number of alkyl halides is 1. The summed E-state index contributed by atoms with van der Waals surface area (Å²) in [5.41, 5.74) is 2.83. The Bertz CT molecular complexity index is 816. The summed E-state index contributed by atoms with van der Waals surface area (Å²) in [4.78, 5) is 8.94. The molecule has 108 valence electrons. The van der Waals surface area contributed by atoms with Gasteiger partial charge in [-0.2, -0.15) is 0 Å². The number of aryl methyl sites for hydroxylation is 2. The number of aromatic nitrogens is 3. The summed E-state index contributed by atoms with van der Waals surface area (Å²) in [5, 5.41) is 0. The molecule has 0 unspecified atom stereocenters. The Balaban J connectivity index is 2.30. The summed E-state index contributed by atoms with van der Waals surface area (Å²) in [6, 6.07) is 6.87. The van der Waals surface area contributed by atoms with E-state index in [0.717, 1.165) is 11.1 Å². The van der Waals surface area contributed by atoms with Crippen LogP contribution in [0.25, 0.3) is 16.9 Å². The zero-order chi connectivity index (χ0) is 15.0. The fraction of sp³-hybridized carbons (Fsp3) is 0.200. The van der Waals surface area contributed by atoms with Gasteiger partial charge in [0.25, 0.3) is 0 Å². The zero-order valence-corrected chi connectivity index (χ0v) is 13.6. The molecule has 0 spiro atoms. The summed E-state index contributed by atoms with van der Waals surface area (Å²) in [7, 11) is 0. The molecule has 3 rings (SSSR count). The van der Waals surface area contributed by atoms with E-state index in [1.165, 1.54) is 6.07 Å². The van der Waals surface area contributed by atoms with Crippen molar-refractivity contribution in [3.05, 3.63) is 52.1 Å². The molecule has 1 aromatic carbocycles. The normalized spacial score (nSPS) is 11.2. The predicted octanol–water partition coefficient (Wildman–Crippen LogP) is 4.41. The molecule has 3 aromatic rings. The van der Waals surface area contributed by atoms with Crippen LogP contribution in [0.3, 0.4) is 0 Å². The molecule has 0 aliphatic heterocycles. The minimum Gasteiger partial charge on any atom is -0.278 e. The van der Waals surface area contributed by atoms with Crippen LogP contribution in [-0.4, -0.2) is 20.4 Å². The second-order valence-electron chi connectivity index (χ2n) is 4.75. The number of imidazole rings is 1. The maximum atomic E-state index is 14.3. The van der Waals surface area contributed by atoms with E-state index in [0.29, 0.717) is 33.9 Å². The standard InChI is InChI=1S/C15H12BrClFN3/c1-9-6-12-15(19-8-9)21(14(20-12)4-5-17)13-3-2-10(16)7-11(13)18/h2-3,6-8H,4-5H2,1H3. The third-order valence-electron chi connectivity index (χ3n) is 3.17. The summed E-state index contributed by atoms with van der Waals surface area (Å²) in [6.45, 7) is 1.95. The molecule has 0 amide bonds. The second-order valence-corrected chi connectivity index (χ2v) is 6.05. The van der Waals surface area contributed by atoms with E-state index in [9.17, 15) is 4.39 Å². The Morgan fingerprint density at radius 2 is 2.14 bits per heavy atom. The van der Waals surface area contributed by atoms with E-state index in [-0.39, 0.29) is 5.82 Å². The second kappa shape index (κ2) is 5.73. The van der Waals surface area contributed by atoms with Crippen LogP contribution in [-0.2, 0) is 6.42 Å². The van der Waals surface area contributed by atoms with Gasteiger partial charge >= 0.3 is 0 Å². The molecule has 0 atom stereocenters. The molecular weight excluding hydrogens is 357 g/mol. The third-order valence-corrected chi connectivity index (χ3v) is 3.85. The van der Waals surface area contributed by atoms with Gasteiger partial charge in [0.15, 0.2) is 5.65 Å². The van der Waals surface area contributed by atoms with Crippen molar-refractivity contribution in [1.29, 1.82) is 0 Å². The van der Waals surface area contributed by atoms with Crippen molar-refractivity contribution in [2.45, 2.75) is 13.3 Å². The lowest BCUT2D eigenvalue weighted by molar-refractivity contribution is 0.615. The number of fused-ring (bicyclic) bond motifs is 1. The highest BCUT2D eigenvalue weighted by Gasteiger charge is 2.16. The Morgan fingerprint density at radius 1 is 1.33 bits per heavy atom. The van der Waals surface area contributed by atoms with Crippen LogP contribution in [0, 0.1) is 12.7 Å². The van der Waals surface area contributed by atoms with E-state index in [2.05, 4.69) is 25.9 Å². The van der Waals surface area contributed by atoms with Crippen molar-refractivity contribution < 1.29 is 4.39 Å². The first kappa shape index (κ1) is 14.5. The van der Waals surface area contributed by atoms with E-state index >= 15 is 0 Å². The molecule has 0 aliphatic rings. The SMILES string of the molecule is Cc1cnc2c(c1)nc(CCCl)n2-c1ccc(Br)cc1F. The molecule has 0 saturated heterocycles. The van der Waals surface area contributed by atoms with Crippen LogP contribution in [0.4, 0.5) is 4.39 Å². The molecule has 3 nitrogen and oxygen atoms in total. The van der Waals surface area contributed by atoms with E-state index in [1.54, 1.807) is 22.9 Å². The highest BCUT2D eigenvalue weighted by Crippen LogP contribution is 2.25. The highest BCUT2D eigenvalue weighted by atomic mass is 79.9. The van der Waals surface area contributed by atoms with Crippen LogP contribution in [0.1, 0.15) is 11.4 Å². The van der Waals surface area contributed by atoms with Gasteiger partial charge in [-0.3, -0.25) is 4.57 Å². The molecule has 2 heterocycles. The molecule has 0 radical (unpaired) electrons. The number of hydrogen-bond donors (Lipinski definition) is 0. The Morgan fingerprint density at radius 3 is 2.86 bits per heavy atom. The smallest absolute Gasteiger partial charge is 0.164 e. The van der Waals surface area contributed by atoms with E-state index in [1.807, 2.05) is 13.0 Å². The fourth-order valence-electron chi connectivity index (χ4n) is 2.28. The molecule has 6 heteroatoms. The van der Waals surface area contributed by atoms with Crippen LogP contribution in [0.5, 0.6) is 0 Å². The van der Waals surface area contributed by atoms with Gasteiger partial charge in [0.1, 0.15) is 17.2 Å². The molecule has 21 heavy (non-hydrogen) atoms. The number of rotatable bonds is 3. The van der Waals surface area contributed by atoms with Crippen molar-refractivity contribution in [3.63, 3.8) is 0 Å². The molecule has 0 saturated carbocycles. The van der Waals surface area contributed by atoms with Gasteiger partial charge in [0.2, 0.25) is 0 Å². The minimum atomic E-state index is -0.332. The van der Waals surface area contributed by atoms with Crippen molar-refractivity contribution in [1.82, 2.24) is 14.5 Å². The van der Waals surface area contributed by atoms with Crippen molar-refractivity contribution in [2.24, 2.45) is 0 Å². The summed E-state index contributed by atoms with van der Waals surface area (Å²) in [6.07, 6.45) is 2.30. The van der Waals surface area contributed by atoms with E-state index in [4.69, 9.17) is 11.6 Å². The largest absolute Gasteiger partial charge is 0.278 e. The van der Waals surface area contributed by atoms with Gasteiger partial charge in [-0.05, 0) is 36.8 Å². The Labute approximate surface area is 134 Å². The quantitative estimate of drug-likeness (QED) is 0.641. The highest BCUT2D eigenvalue weighted by molar-refractivity contribution is 9.10. The number of nitrogens with zero attached hydrogens (tertiary/aromatic N) is 3. The van der Waals surface area contributed by atoms with Gasteiger partial charge in [-0.25, -0.2) is 14.4 Å². The molecule has 0 N–H and O–H groups in total. The first-order valence-electron chi connectivity index (χ1n) is 6.45. The molecule has 0 bridgehead atoms. The lowest BCUT2D eigenvalue weighted by Crippen LogP contribution is -2.05. The van der Waals surface area contributed by atoms with Crippen LogP contribution >= 0.6 is 27.5 Å². The number of halogens is 3. The summed E-state index contributed by atoms with van der Waals surface area (Å²) < 4.78 is 16.7. The lowest BCUT2D eigenvalue weighted by Gasteiger charge is -2.09. The first-order chi connectivity index (χ1) is 10.1. The molecule has 0 aliphatic carbocycles. The Kier molecular flexibility index (Phi) is 3.95. The van der Waals surface area contributed by atoms with Gasteiger partial charge in [-0.15, -0.1) is 11.6 Å². The monoisotopic (exact) mass is 367 g/mol. The predicted molar refractivity (Wildman–Crippen MR) is 85.7 cm³/mol. The summed E-state index contributed by atoms with van der Waals surface area (Å²) >= 11 is 9.11. The summed E-state index contributed by atoms with van der Waals surface area (Å²) in [5.74, 6) is 0.793. The third kappa shape index (κ3) is 2.68. The van der Waals surface area contributed by atoms with Gasteiger partial charge in [0.05, 0.1) is 5.69 Å². The lowest BCUT2D eigenvalue weighted by atomic mass is 10.3. The Hall–Kier alpha value is -1.46. The average molecular weight is 369 g/mol. The van der Waals surface area contributed by atoms with Crippen LogP contribution < -0.4 is 0 Å². The van der Waals surface area contributed by atoms with Gasteiger partial charge in [0, 0.05) is 23.0 Å². The number of benzene rings is 1. The minimum absolute atomic E-state index is 0.332. The van der Waals surface area contributed by atoms with E-state index < -0.39 is 0 Å². The fourth-order valence-corrected chi connectivity index (χ4v) is 2.78. The van der Waals surface area contributed by atoms with Gasteiger partial charge in [-0.1, -0.05) is 15.9 Å². The van der Waals surface area contributed by atoms with Crippen molar-refractivity contribution >= 4 is 38.7 Å². The maximum absolute atomic E-state index is 14.3. The topological polar surface area (TPSA) is 30.7 Å². The first-order valence-corrected chi connectivity index (χ1v) is 7.78. The van der Waals surface area contributed by atoms with Crippen LogP contribution in [0.2, 0.25) is 0 Å². The number of hydrogen-bond acceptors (Lipinski definition) is 2. The molecule has 0 fully saturated rings. The van der Waals surface area contributed by atoms with Gasteiger partial charge < -0.3 is 0 Å². The van der Waals surface area contributed by atoms with Crippen LogP contribution in [0.15, 0.2) is 34.9 Å². The zero-order valence-electron chi connectivity index (χ0n) is 11.3. The average Bonchev–Trinajstić information content (AvgIpc) is 2.76. The van der Waals surface area contributed by atoms with Crippen molar-refractivity contribution in [2.75, 3.05) is 5.88 Å². The maximum Gasteiger partial charge on any atom is 0.164 e. The van der Waals surface area contributed by atoms with Crippen molar-refractivity contribution in [3.8, 4) is 5.69 Å². The molecular formula is C15H12BrClFN3.